The molecule has 6 heteroatoms. The van der Waals surface area contributed by atoms with E-state index >= 15 is 0 Å². The minimum absolute atomic E-state index is 0.277. The van der Waals surface area contributed by atoms with Crippen molar-refractivity contribution in [3.63, 3.8) is 0 Å². The van der Waals surface area contributed by atoms with Crippen LogP contribution in [-0.4, -0.2) is 35.4 Å². The van der Waals surface area contributed by atoms with E-state index in [0.29, 0.717) is 18.0 Å². The molecule has 1 fully saturated rings. The molecule has 1 aliphatic rings. The van der Waals surface area contributed by atoms with E-state index in [0.717, 1.165) is 25.9 Å². The Bertz CT molecular complexity index is 396. The predicted octanol–water partition coefficient (Wildman–Crippen LogP) is 0.566. The third kappa shape index (κ3) is 2.41. The SMILES string of the molecule is CCOC(=O)c1cnn(C2CCNCC2)c1N. The van der Waals surface area contributed by atoms with Crippen molar-refractivity contribution >= 4 is 11.8 Å². The summed E-state index contributed by atoms with van der Waals surface area (Å²) in [6, 6.07) is 0.277. The Balaban J connectivity index is 2.16. The fraction of sp³-hybridized carbons (Fsp3) is 0.636. The predicted molar refractivity (Wildman–Crippen MR) is 63.7 cm³/mol. The van der Waals surface area contributed by atoms with Crippen molar-refractivity contribution in [2.45, 2.75) is 25.8 Å². The number of hydrogen-bond acceptors (Lipinski definition) is 5. The second-order valence-corrected chi connectivity index (χ2v) is 4.09. The van der Waals surface area contributed by atoms with Crippen LogP contribution in [0.1, 0.15) is 36.2 Å². The van der Waals surface area contributed by atoms with Gasteiger partial charge in [-0.15, -0.1) is 0 Å². The minimum atomic E-state index is -0.398. The highest BCUT2D eigenvalue weighted by Crippen LogP contribution is 2.23. The summed E-state index contributed by atoms with van der Waals surface area (Å²) in [5.41, 5.74) is 6.31. The molecule has 0 amide bonds. The molecule has 0 aromatic carbocycles. The number of esters is 1. The Morgan fingerprint density at radius 1 is 1.65 bits per heavy atom. The van der Waals surface area contributed by atoms with Crippen molar-refractivity contribution in [1.82, 2.24) is 15.1 Å². The molecule has 1 saturated heterocycles. The first kappa shape index (κ1) is 11.9. The second kappa shape index (κ2) is 5.18. The quantitative estimate of drug-likeness (QED) is 0.752. The molecule has 1 aromatic rings. The maximum absolute atomic E-state index is 11.6. The number of nitrogens with zero attached hydrogens (tertiary/aromatic N) is 2. The molecule has 3 N–H and O–H groups in total. The van der Waals surface area contributed by atoms with Gasteiger partial charge in [-0.2, -0.15) is 5.10 Å². The highest BCUT2D eigenvalue weighted by Gasteiger charge is 2.22. The number of carbonyl (C=O) groups is 1. The van der Waals surface area contributed by atoms with Gasteiger partial charge in [0.2, 0.25) is 0 Å². The number of carbonyl (C=O) groups excluding carboxylic acids is 1. The zero-order chi connectivity index (χ0) is 12.3. The lowest BCUT2D eigenvalue weighted by Gasteiger charge is -2.23. The normalized spacial score (nSPS) is 17.0. The molecule has 0 saturated carbocycles. The van der Waals surface area contributed by atoms with Crippen molar-refractivity contribution in [2.24, 2.45) is 0 Å². The number of rotatable bonds is 3. The van der Waals surface area contributed by atoms with E-state index in [9.17, 15) is 4.79 Å². The zero-order valence-corrected chi connectivity index (χ0v) is 9.98. The van der Waals surface area contributed by atoms with Crippen molar-refractivity contribution in [3.8, 4) is 0 Å². The molecule has 6 nitrogen and oxygen atoms in total. The van der Waals surface area contributed by atoms with Gasteiger partial charge in [0.05, 0.1) is 18.8 Å². The summed E-state index contributed by atoms with van der Waals surface area (Å²) >= 11 is 0. The maximum atomic E-state index is 11.6. The molecule has 0 spiro atoms. The zero-order valence-electron chi connectivity index (χ0n) is 9.98. The van der Waals surface area contributed by atoms with E-state index in [1.54, 1.807) is 11.6 Å². The first-order valence-corrected chi connectivity index (χ1v) is 5.94. The molecule has 2 heterocycles. The summed E-state index contributed by atoms with van der Waals surface area (Å²) in [6.07, 6.45) is 3.46. The van der Waals surface area contributed by atoms with E-state index in [2.05, 4.69) is 10.4 Å². The van der Waals surface area contributed by atoms with Crippen LogP contribution in [0.3, 0.4) is 0 Å². The van der Waals surface area contributed by atoms with Gasteiger partial charge in [-0.25, -0.2) is 9.48 Å². The van der Waals surface area contributed by atoms with Crippen molar-refractivity contribution < 1.29 is 9.53 Å². The van der Waals surface area contributed by atoms with Gasteiger partial charge in [-0.3, -0.25) is 0 Å². The topological polar surface area (TPSA) is 82.2 Å². The average Bonchev–Trinajstić information content (AvgIpc) is 2.72. The molecule has 0 radical (unpaired) electrons. The third-order valence-electron chi connectivity index (χ3n) is 2.98. The van der Waals surface area contributed by atoms with Crippen molar-refractivity contribution in [3.05, 3.63) is 11.8 Å². The molecule has 1 aromatic heterocycles. The summed E-state index contributed by atoms with van der Waals surface area (Å²) in [4.78, 5) is 11.6. The van der Waals surface area contributed by atoms with Crippen molar-refractivity contribution in [1.29, 1.82) is 0 Å². The monoisotopic (exact) mass is 238 g/mol. The Morgan fingerprint density at radius 2 is 2.35 bits per heavy atom. The summed E-state index contributed by atoms with van der Waals surface area (Å²) in [5, 5.41) is 7.49. The molecule has 0 unspecified atom stereocenters. The van der Waals surface area contributed by atoms with Crippen LogP contribution in [0.2, 0.25) is 0 Å². The highest BCUT2D eigenvalue weighted by molar-refractivity contribution is 5.93. The number of nitrogens with two attached hydrogens (primary N) is 1. The van der Waals surface area contributed by atoms with Gasteiger partial charge in [0.25, 0.3) is 0 Å². The number of aromatic nitrogens is 2. The molecule has 0 atom stereocenters. The number of hydrogen-bond donors (Lipinski definition) is 2. The summed E-state index contributed by atoms with van der Waals surface area (Å²) in [7, 11) is 0. The van der Waals surface area contributed by atoms with Crippen LogP contribution in [0.4, 0.5) is 5.82 Å². The summed E-state index contributed by atoms with van der Waals surface area (Å²) in [6.45, 7) is 4.03. The fourth-order valence-corrected chi connectivity index (χ4v) is 2.08. The van der Waals surface area contributed by atoms with E-state index in [1.165, 1.54) is 6.20 Å². The van der Waals surface area contributed by atoms with Gasteiger partial charge in [0.1, 0.15) is 11.4 Å². The van der Waals surface area contributed by atoms with Crippen molar-refractivity contribution in [2.75, 3.05) is 25.4 Å². The summed E-state index contributed by atoms with van der Waals surface area (Å²) in [5.74, 6) is 0.0144. The highest BCUT2D eigenvalue weighted by atomic mass is 16.5. The number of anilines is 1. The Labute approximate surface area is 100 Å². The number of ether oxygens (including phenoxy) is 1. The lowest BCUT2D eigenvalue weighted by Crippen LogP contribution is -2.30. The Kier molecular flexibility index (Phi) is 3.63. The van der Waals surface area contributed by atoms with Gasteiger partial charge in [-0.1, -0.05) is 0 Å². The van der Waals surface area contributed by atoms with Gasteiger partial charge >= 0.3 is 5.97 Å². The van der Waals surface area contributed by atoms with Crippen LogP contribution in [0.15, 0.2) is 6.20 Å². The van der Waals surface area contributed by atoms with Crippen LogP contribution in [0, 0.1) is 0 Å². The molecule has 2 rings (SSSR count). The van der Waals surface area contributed by atoms with E-state index in [4.69, 9.17) is 10.5 Å². The number of piperidine rings is 1. The van der Waals surface area contributed by atoms with E-state index < -0.39 is 5.97 Å². The first-order valence-electron chi connectivity index (χ1n) is 5.94. The Morgan fingerprint density at radius 3 is 3.00 bits per heavy atom. The van der Waals surface area contributed by atoms with Gasteiger partial charge in [-0.05, 0) is 32.9 Å². The molecular formula is C11H18N4O2. The van der Waals surface area contributed by atoms with E-state index in [-0.39, 0.29) is 6.04 Å². The molecule has 94 valence electrons. The third-order valence-corrected chi connectivity index (χ3v) is 2.98. The number of nitrogens with one attached hydrogen (secondary N) is 1. The molecule has 0 bridgehead atoms. The average molecular weight is 238 g/mol. The van der Waals surface area contributed by atoms with Crippen LogP contribution >= 0.6 is 0 Å². The molecule has 17 heavy (non-hydrogen) atoms. The van der Waals surface area contributed by atoms with Crippen LogP contribution in [-0.2, 0) is 4.74 Å². The molecular weight excluding hydrogens is 220 g/mol. The standard InChI is InChI=1S/C11H18N4O2/c1-2-17-11(16)9-7-14-15(10(9)12)8-3-5-13-6-4-8/h7-8,13H,2-6,12H2,1H3. The fourth-order valence-electron chi connectivity index (χ4n) is 2.08. The molecule has 0 aliphatic carbocycles. The van der Waals surface area contributed by atoms with Gasteiger partial charge < -0.3 is 15.8 Å². The lowest BCUT2D eigenvalue weighted by atomic mass is 10.1. The lowest BCUT2D eigenvalue weighted by molar-refractivity contribution is 0.0527. The Hall–Kier alpha value is -1.56. The van der Waals surface area contributed by atoms with Gasteiger partial charge in [0, 0.05) is 0 Å². The van der Waals surface area contributed by atoms with Gasteiger partial charge in [0.15, 0.2) is 0 Å². The maximum Gasteiger partial charge on any atom is 0.343 e. The van der Waals surface area contributed by atoms with Crippen LogP contribution < -0.4 is 11.1 Å². The van der Waals surface area contributed by atoms with E-state index in [1.807, 2.05) is 0 Å². The molecule has 1 aliphatic heterocycles. The minimum Gasteiger partial charge on any atom is -0.462 e. The second-order valence-electron chi connectivity index (χ2n) is 4.09. The summed E-state index contributed by atoms with van der Waals surface area (Å²) < 4.78 is 6.67. The van der Waals surface area contributed by atoms with Crippen LogP contribution in [0.25, 0.3) is 0 Å². The number of nitrogen functional groups attached to an aromatic ring is 1. The largest absolute Gasteiger partial charge is 0.462 e. The first-order chi connectivity index (χ1) is 8.24. The smallest absolute Gasteiger partial charge is 0.343 e. The van der Waals surface area contributed by atoms with Crippen LogP contribution in [0.5, 0.6) is 0 Å².